The van der Waals surface area contributed by atoms with Gasteiger partial charge in [0.1, 0.15) is 5.52 Å². The normalized spacial score (nSPS) is 13.0. The monoisotopic (exact) mass is 513 g/mol. The standard InChI is InChI=1S/C36H23N3O/c1-22-18-19-31-32(20-22)38-30-16-8-6-14-27(30)25-12-4-5-13-26(25)28-21-23-10-2-3-11-24(23)34(35(28)38)39(31)36-37-29-15-7-9-17-33(29)40-36/h2-21H,1H3. The molecule has 0 unspecified atom stereocenters. The molecule has 40 heavy (non-hydrogen) atoms. The van der Waals surface area contributed by atoms with Gasteiger partial charge in [-0.2, -0.15) is 4.98 Å². The largest absolute Gasteiger partial charge is 0.423 e. The van der Waals surface area contributed by atoms with Crippen LogP contribution in [0.3, 0.4) is 0 Å². The van der Waals surface area contributed by atoms with Crippen LogP contribution in [0.2, 0.25) is 0 Å². The van der Waals surface area contributed by atoms with E-state index < -0.39 is 0 Å². The molecule has 0 aliphatic carbocycles. The van der Waals surface area contributed by atoms with E-state index in [1.54, 1.807) is 0 Å². The van der Waals surface area contributed by atoms with Crippen molar-refractivity contribution in [2.75, 3.05) is 9.80 Å². The number of anilines is 6. The van der Waals surface area contributed by atoms with Crippen LogP contribution in [-0.4, -0.2) is 4.98 Å². The minimum Gasteiger partial charge on any atom is -0.423 e. The highest BCUT2D eigenvalue weighted by molar-refractivity contribution is 6.19. The third kappa shape index (κ3) is 2.82. The summed E-state index contributed by atoms with van der Waals surface area (Å²) in [5.41, 5.74) is 13.2. The summed E-state index contributed by atoms with van der Waals surface area (Å²) in [5, 5.41) is 2.32. The molecular formula is C36H23N3O. The Bertz CT molecular complexity index is 2130. The van der Waals surface area contributed by atoms with Gasteiger partial charge in [0.05, 0.1) is 28.4 Å². The second-order valence-corrected chi connectivity index (χ2v) is 10.5. The molecule has 0 fully saturated rings. The van der Waals surface area contributed by atoms with Gasteiger partial charge in [-0.3, -0.25) is 4.90 Å². The molecule has 0 bridgehead atoms. The maximum Gasteiger partial charge on any atom is 0.307 e. The molecule has 0 spiro atoms. The summed E-state index contributed by atoms with van der Waals surface area (Å²) in [5.74, 6) is 0. The molecule has 7 aromatic rings. The Morgan fingerprint density at radius 1 is 0.550 bits per heavy atom. The van der Waals surface area contributed by atoms with Crippen LogP contribution >= 0.6 is 0 Å². The van der Waals surface area contributed by atoms with Gasteiger partial charge in [-0.15, -0.1) is 0 Å². The molecule has 2 aliphatic rings. The first kappa shape index (κ1) is 21.6. The maximum atomic E-state index is 6.49. The van der Waals surface area contributed by atoms with E-state index in [1.807, 2.05) is 24.3 Å². The molecule has 2 aliphatic heterocycles. The number of aromatic nitrogens is 1. The minimum absolute atomic E-state index is 0.565. The van der Waals surface area contributed by atoms with Gasteiger partial charge < -0.3 is 9.32 Å². The molecule has 0 amide bonds. The number of oxazole rings is 1. The van der Waals surface area contributed by atoms with Crippen molar-refractivity contribution in [2.24, 2.45) is 0 Å². The molecule has 9 rings (SSSR count). The van der Waals surface area contributed by atoms with Gasteiger partial charge in [-0.05, 0) is 65.4 Å². The van der Waals surface area contributed by atoms with Gasteiger partial charge in [-0.25, -0.2) is 0 Å². The van der Waals surface area contributed by atoms with E-state index in [2.05, 4.69) is 114 Å². The number of para-hydroxylation sites is 3. The zero-order chi connectivity index (χ0) is 26.4. The van der Waals surface area contributed by atoms with Crippen LogP contribution in [0.4, 0.5) is 34.5 Å². The molecule has 6 aromatic carbocycles. The molecule has 0 atom stereocenters. The zero-order valence-electron chi connectivity index (χ0n) is 21.8. The van der Waals surface area contributed by atoms with E-state index in [4.69, 9.17) is 9.40 Å². The highest BCUT2D eigenvalue weighted by atomic mass is 16.4. The van der Waals surface area contributed by atoms with Gasteiger partial charge in [0.2, 0.25) is 0 Å². The Kier molecular flexibility index (Phi) is 4.23. The first-order valence-electron chi connectivity index (χ1n) is 13.6. The van der Waals surface area contributed by atoms with E-state index in [0.717, 1.165) is 44.9 Å². The third-order valence-corrected chi connectivity index (χ3v) is 8.18. The van der Waals surface area contributed by atoms with E-state index in [1.165, 1.54) is 33.2 Å². The fourth-order valence-corrected chi connectivity index (χ4v) is 6.47. The Labute approximate surface area is 231 Å². The maximum absolute atomic E-state index is 6.49. The van der Waals surface area contributed by atoms with Gasteiger partial charge >= 0.3 is 6.01 Å². The van der Waals surface area contributed by atoms with Crippen molar-refractivity contribution in [3.63, 3.8) is 0 Å². The van der Waals surface area contributed by atoms with E-state index >= 15 is 0 Å². The van der Waals surface area contributed by atoms with Crippen molar-refractivity contribution >= 4 is 56.3 Å². The lowest BCUT2D eigenvalue weighted by Gasteiger charge is -2.40. The molecule has 0 saturated heterocycles. The van der Waals surface area contributed by atoms with Gasteiger partial charge in [0.15, 0.2) is 5.58 Å². The molecule has 188 valence electrons. The highest BCUT2D eigenvalue weighted by Crippen LogP contribution is 2.62. The zero-order valence-corrected chi connectivity index (χ0v) is 21.8. The van der Waals surface area contributed by atoms with Crippen molar-refractivity contribution in [3.05, 3.63) is 127 Å². The predicted octanol–water partition coefficient (Wildman–Crippen LogP) is 10.2. The second kappa shape index (κ2) is 7.84. The molecule has 0 saturated carbocycles. The van der Waals surface area contributed by atoms with Crippen LogP contribution in [-0.2, 0) is 0 Å². The van der Waals surface area contributed by atoms with Crippen molar-refractivity contribution in [1.29, 1.82) is 0 Å². The molecule has 0 N–H and O–H groups in total. The highest BCUT2D eigenvalue weighted by Gasteiger charge is 2.39. The van der Waals surface area contributed by atoms with Crippen molar-refractivity contribution < 1.29 is 4.42 Å². The van der Waals surface area contributed by atoms with Crippen LogP contribution in [0.1, 0.15) is 5.56 Å². The Hall–Kier alpha value is -5.35. The quantitative estimate of drug-likeness (QED) is 0.219. The number of rotatable bonds is 1. The Balaban J connectivity index is 1.51. The molecule has 1 aromatic heterocycles. The number of nitrogens with zero attached hydrogens (tertiary/aromatic N) is 3. The smallest absolute Gasteiger partial charge is 0.307 e. The fourth-order valence-electron chi connectivity index (χ4n) is 6.47. The summed E-state index contributed by atoms with van der Waals surface area (Å²) in [6, 6.07) is 43.7. The van der Waals surface area contributed by atoms with Crippen LogP contribution in [0, 0.1) is 6.92 Å². The van der Waals surface area contributed by atoms with Crippen LogP contribution in [0.15, 0.2) is 126 Å². The van der Waals surface area contributed by atoms with Crippen LogP contribution in [0.25, 0.3) is 44.1 Å². The molecule has 3 heterocycles. The SMILES string of the molecule is Cc1ccc2c(c1)N1c3ccccc3-c3ccccc3-c3cc4ccccc4c(c31)N2c1nc2ccccc2o1. The van der Waals surface area contributed by atoms with E-state index in [0.29, 0.717) is 6.01 Å². The summed E-state index contributed by atoms with van der Waals surface area (Å²) < 4.78 is 6.49. The Morgan fingerprint density at radius 2 is 1.27 bits per heavy atom. The van der Waals surface area contributed by atoms with Crippen molar-refractivity contribution in [3.8, 4) is 22.3 Å². The average molecular weight is 514 g/mol. The summed E-state index contributed by atoms with van der Waals surface area (Å²) >= 11 is 0. The molecule has 0 radical (unpaired) electrons. The van der Waals surface area contributed by atoms with E-state index in [-0.39, 0.29) is 0 Å². The van der Waals surface area contributed by atoms with E-state index in [9.17, 15) is 0 Å². The van der Waals surface area contributed by atoms with Gasteiger partial charge in [-0.1, -0.05) is 84.9 Å². The summed E-state index contributed by atoms with van der Waals surface area (Å²) in [6.45, 7) is 2.15. The van der Waals surface area contributed by atoms with Crippen LogP contribution < -0.4 is 9.80 Å². The van der Waals surface area contributed by atoms with Crippen molar-refractivity contribution in [2.45, 2.75) is 6.92 Å². The molecular weight excluding hydrogens is 490 g/mol. The molecule has 4 nitrogen and oxygen atoms in total. The van der Waals surface area contributed by atoms with Gasteiger partial charge in [0.25, 0.3) is 0 Å². The number of hydrogen-bond donors (Lipinski definition) is 0. The number of hydrogen-bond acceptors (Lipinski definition) is 4. The fraction of sp³-hybridized carbons (Fsp3) is 0.0278. The first-order chi connectivity index (χ1) is 19.8. The first-order valence-corrected chi connectivity index (χ1v) is 13.6. The molecule has 4 heteroatoms. The minimum atomic E-state index is 0.565. The number of benzene rings is 6. The second-order valence-electron chi connectivity index (χ2n) is 10.5. The van der Waals surface area contributed by atoms with Gasteiger partial charge in [0, 0.05) is 16.5 Å². The lowest BCUT2D eigenvalue weighted by molar-refractivity contribution is 0.608. The van der Waals surface area contributed by atoms with Crippen molar-refractivity contribution in [1.82, 2.24) is 4.98 Å². The summed E-state index contributed by atoms with van der Waals surface area (Å²) in [6.07, 6.45) is 0. The van der Waals surface area contributed by atoms with Crippen LogP contribution in [0.5, 0.6) is 0 Å². The summed E-state index contributed by atoms with van der Waals surface area (Å²) in [7, 11) is 0. The average Bonchev–Trinajstić information content (AvgIpc) is 3.38. The predicted molar refractivity (Wildman–Crippen MR) is 164 cm³/mol. The summed E-state index contributed by atoms with van der Waals surface area (Å²) in [4.78, 5) is 9.69. The number of fused-ring (bicyclic) bond motifs is 10. The third-order valence-electron chi connectivity index (χ3n) is 8.18. The lowest BCUT2D eigenvalue weighted by atomic mass is 9.91. The Morgan fingerprint density at radius 3 is 2.15 bits per heavy atom. The lowest BCUT2D eigenvalue weighted by Crippen LogP contribution is -2.25. The number of aryl methyl sites for hydroxylation is 1. The topological polar surface area (TPSA) is 32.5 Å².